The Morgan fingerprint density at radius 2 is 1.84 bits per heavy atom. The fourth-order valence-electron chi connectivity index (χ4n) is 3.01. The van der Waals surface area contributed by atoms with Crippen LogP contribution in [0.2, 0.25) is 0 Å². The summed E-state index contributed by atoms with van der Waals surface area (Å²) >= 11 is 0. The van der Waals surface area contributed by atoms with Crippen LogP contribution in [0, 0.1) is 5.92 Å². The van der Waals surface area contributed by atoms with Crippen molar-refractivity contribution in [3.8, 4) is 0 Å². The minimum atomic E-state index is -0.383. The molecule has 1 aliphatic carbocycles. The molecule has 1 N–H and O–H groups in total. The highest BCUT2D eigenvalue weighted by atomic mass is 16.3. The zero-order chi connectivity index (χ0) is 13.5. The first kappa shape index (κ1) is 14.3. The number of aliphatic hydroxyl groups is 1. The van der Waals surface area contributed by atoms with E-state index < -0.39 is 0 Å². The zero-order valence-electron chi connectivity index (χ0n) is 11.9. The number of rotatable bonds is 6. The second kappa shape index (κ2) is 7.49. The lowest BCUT2D eigenvalue weighted by molar-refractivity contribution is 0.204. The van der Waals surface area contributed by atoms with Gasteiger partial charge in [-0.15, -0.1) is 0 Å². The van der Waals surface area contributed by atoms with Gasteiger partial charge in [0.25, 0.3) is 0 Å². The van der Waals surface area contributed by atoms with Crippen LogP contribution >= 0.6 is 0 Å². The van der Waals surface area contributed by atoms with Crippen molar-refractivity contribution < 1.29 is 5.11 Å². The van der Waals surface area contributed by atoms with Gasteiger partial charge in [0.15, 0.2) is 0 Å². The van der Waals surface area contributed by atoms with Crippen molar-refractivity contribution in [3.63, 3.8) is 0 Å². The Balaban J connectivity index is 1.73. The van der Waals surface area contributed by atoms with Gasteiger partial charge in [0.05, 0.1) is 6.10 Å². The van der Waals surface area contributed by atoms with Crippen LogP contribution in [-0.2, 0) is 6.42 Å². The summed E-state index contributed by atoms with van der Waals surface area (Å²) in [5, 5.41) is 10.2. The fraction of sp³-hybridized carbons (Fsp3) is 0.556. The Morgan fingerprint density at radius 1 is 1.16 bits per heavy atom. The topological polar surface area (TPSA) is 20.2 Å². The van der Waals surface area contributed by atoms with Crippen LogP contribution in [0.15, 0.2) is 42.5 Å². The molecular formula is C18H26O. The first-order valence-electron chi connectivity index (χ1n) is 7.65. The predicted molar refractivity (Wildman–Crippen MR) is 81.1 cm³/mol. The molecule has 1 unspecified atom stereocenters. The molecule has 1 nitrogen and oxygen atoms in total. The molecule has 0 bridgehead atoms. The van der Waals surface area contributed by atoms with E-state index in [4.69, 9.17) is 0 Å². The minimum absolute atomic E-state index is 0.383. The number of hydrogen-bond donors (Lipinski definition) is 1. The van der Waals surface area contributed by atoms with Gasteiger partial charge >= 0.3 is 0 Å². The molecule has 0 aliphatic heterocycles. The molecule has 0 heterocycles. The van der Waals surface area contributed by atoms with Gasteiger partial charge in [0, 0.05) is 6.42 Å². The van der Waals surface area contributed by atoms with Gasteiger partial charge in [-0.2, -0.15) is 0 Å². The van der Waals surface area contributed by atoms with Gasteiger partial charge in [-0.3, -0.25) is 0 Å². The smallest absolute Gasteiger partial charge is 0.0787 e. The third-order valence-electron chi connectivity index (χ3n) is 4.34. The first-order chi connectivity index (χ1) is 9.25. The second-order valence-electron chi connectivity index (χ2n) is 5.91. The molecule has 1 aliphatic rings. The van der Waals surface area contributed by atoms with E-state index in [0.29, 0.717) is 6.42 Å². The van der Waals surface area contributed by atoms with Crippen molar-refractivity contribution >= 4 is 0 Å². The van der Waals surface area contributed by atoms with Gasteiger partial charge in [-0.05, 0) is 29.9 Å². The van der Waals surface area contributed by atoms with E-state index in [9.17, 15) is 5.11 Å². The Hall–Kier alpha value is -1.08. The van der Waals surface area contributed by atoms with Gasteiger partial charge in [-0.1, -0.05) is 69.0 Å². The number of aliphatic hydroxyl groups excluding tert-OH is 1. The largest absolute Gasteiger partial charge is 0.388 e. The lowest BCUT2D eigenvalue weighted by Gasteiger charge is -2.22. The van der Waals surface area contributed by atoms with Crippen LogP contribution in [-0.4, -0.2) is 11.2 Å². The lowest BCUT2D eigenvalue weighted by Crippen LogP contribution is -2.15. The van der Waals surface area contributed by atoms with Crippen molar-refractivity contribution in [1.29, 1.82) is 0 Å². The van der Waals surface area contributed by atoms with E-state index in [1.165, 1.54) is 44.1 Å². The standard InChI is InChI=1S/C18H26O/c1-15(12-13-16-8-4-2-5-9-16)18(19)14-17-10-6-3-7-11-17/h3,6-7,10-11,16,18-19H,1-2,4-5,8-9,12-14H2. The first-order valence-corrected chi connectivity index (χ1v) is 7.65. The van der Waals surface area contributed by atoms with E-state index in [1.807, 2.05) is 18.2 Å². The molecule has 1 atom stereocenters. The summed E-state index contributed by atoms with van der Waals surface area (Å²) in [6.45, 7) is 4.09. The maximum Gasteiger partial charge on any atom is 0.0787 e. The average Bonchev–Trinajstić information content (AvgIpc) is 2.47. The van der Waals surface area contributed by atoms with Crippen molar-refractivity contribution in [2.75, 3.05) is 0 Å². The van der Waals surface area contributed by atoms with Crippen molar-refractivity contribution in [2.45, 2.75) is 57.5 Å². The molecule has 1 saturated carbocycles. The molecule has 104 valence electrons. The highest BCUT2D eigenvalue weighted by molar-refractivity contribution is 5.18. The van der Waals surface area contributed by atoms with Crippen LogP contribution in [0.5, 0.6) is 0 Å². The Bertz CT molecular complexity index is 376. The van der Waals surface area contributed by atoms with E-state index in [1.54, 1.807) is 0 Å². The van der Waals surface area contributed by atoms with Crippen molar-refractivity contribution in [1.82, 2.24) is 0 Å². The zero-order valence-corrected chi connectivity index (χ0v) is 11.9. The maximum atomic E-state index is 10.2. The molecular weight excluding hydrogens is 232 g/mol. The summed E-state index contributed by atoms with van der Waals surface area (Å²) in [6.07, 6.45) is 9.46. The van der Waals surface area contributed by atoms with E-state index in [2.05, 4.69) is 18.7 Å². The summed E-state index contributed by atoms with van der Waals surface area (Å²) in [6, 6.07) is 10.2. The highest BCUT2D eigenvalue weighted by Crippen LogP contribution is 2.29. The third kappa shape index (κ3) is 4.83. The number of hydrogen-bond acceptors (Lipinski definition) is 1. The summed E-state index contributed by atoms with van der Waals surface area (Å²) in [7, 11) is 0. The Morgan fingerprint density at radius 3 is 2.53 bits per heavy atom. The number of benzene rings is 1. The van der Waals surface area contributed by atoms with E-state index >= 15 is 0 Å². The Kier molecular flexibility index (Phi) is 5.65. The summed E-state index contributed by atoms with van der Waals surface area (Å²) in [4.78, 5) is 0. The Labute approximate surface area is 117 Å². The molecule has 19 heavy (non-hydrogen) atoms. The average molecular weight is 258 g/mol. The van der Waals surface area contributed by atoms with Gasteiger partial charge in [-0.25, -0.2) is 0 Å². The SMILES string of the molecule is C=C(CCC1CCCCC1)C(O)Cc1ccccc1. The molecule has 0 radical (unpaired) electrons. The lowest BCUT2D eigenvalue weighted by atomic mass is 9.84. The molecule has 1 fully saturated rings. The predicted octanol–water partition coefficient (Wildman–Crippen LogP) is 4.51. The van der Waals surface area contributed by atoms with Gasteiger partial charge < -0.3 is 5.11 Å². The summed E-state index contributed by atoms with van der Waals surface area (Å²) in [5.74, 6) is 0.870. The molecule has 0 saturated heterocycles. The summed E-state index contributed by atoms with van der Waals surface area (Å²) in [5.41, 5.74) is 2.20. The van der Waals surface area contributed by atoms with E-state index in [-0.39, 0.29) is 6.10 Å². The van der Waals surface area contributed by atoms with Crippen LogP contribution in [0.4, 0.5) is 0 Å². The van der Waals surface area contributed by atoms with E-state index in [0.717, 1.165) is 17.9 Å². The highest BCUT2D eigenvalue weighted by Gasteiger charge is 2.15. The molecule has 1 aromatic rings. The second-order valence-corrected chi connectivity index (χ2v) is 5.91. The minimum Gasteiger partial charge on any atom is -0.388 e. The van der Waals surface area contributed by atoms with Crippen LogP contribution in [0.1, 0.15) is 50.5 Å². The molecule has 0 spiro atoms. The van der Waals surface area contributed by atoms with Gasteiger partial charge in [0.1, 0.15) is 0 Å². The van der Waals surface area contributed by atoms with Crippen molar-refractivity contribution in [2.24, 2.45) is 5.92 Å². The van der Waals surface area contributed by atoms with Crippen LogP contribution in [0.25, 0.3) is 0 Å². The molecule has 0 amide bonds. The van der Waals surface area contributed by atoms with Crippen molar-refractivity contribution in [3.05, 3.63) is 48.0 Å². The third-order valence-corrected chi connectivity index (χ3v) is 4.34. The molecule has 0 aromatic heterocycles. The van der Waals surface area contributed by atoms with Gasteiger partial charge in [0.2, 0.25) is 0 Å². The molecule has 1 heteroatoms. The van der Waals surface area contributed by atoms with Crippen LogP contribution in [0.3, 0.4) is 0 Å². The summed E-state index contributed by atoms with van der Waals surface area (Å²) < 4.78 is 0. The molecule has 2 rings (SSSR count). The quantitative estimate of drug-likeness (QED) is 0.744. The normalized spacial score (nSPS) is 18.2. The monoisotopic (exact) mass is 258 g/mol. The van der Waals surface area contributed by atoms with Crippen LogP contribution < -0.4 is 0 Å². The molecule has 1 aromatic carbocycles. The maximum absolute atomic E-state index is 10.2. The fourth-order valence-corrected chi connectivity index (χ4v) is 3.01.